The van der Waals surface area contributed by atoms with Crippen molar-refractivity contribution in [3.8, 4) is 5.75 Å². The second kappa shape index (κ2) is 6.76. The number of benzene rings is 1. The van der Waals surface area contributed by atoms with E-state index in [1.54, 1.807) is 6.20 Å². The molecule has 2 aliphatic heterocycles. The molecule has 0 bridgehead atoms. The van der Waals surface area contributed by atoms with E-state index in [4.69, 9.17) is 4.74 Å². The van der Waals surface area contributed by atoms with E-state index in [0.29, 0.717) is 11.3 Å². The van der Waals surface area contributed by atoms with Gasteiger partial charge in [-0.25, -0.2) is 0 Å². The molecule has 5 rings (SSSR count). The van der Waals surface area contributed by atoms with Gasteiger partial charge in [-0.2, -0.15) is 0 Å². The van der Waals surface area contributed by atoms with Gasteiger partial charge in [0.25, 0.3) is 0 Å². The van der Waals surface area contributed by atoms with Gasteiger partial charge in [-0.15, -0.1) is 0 Å². The molecule has 0 radical (unpaired) electrons. The van der Waals surface area contributed by atoms with Gasteiger partial charge >= 0.3 is 0 Å². The van der Waals surface area contributed by atoms with Crippen LogP contribution in [0.1, 0.15) is 27.2 Å². The Morgan fingerprint density at radius 3 is 2.89 bits per heavy atom. The van der Waals surface area contributed by atoms with E-state index in [0.717, 1.165) is 67.3 Å². The number of nitrogens with one attached hydrogen (secondary N) is 1. The highest BCUT2D eigenvalue weighted by Gasteiger charge is 2.30. The molecule has 0 amide bonds. The van der Waals surface area contributed by atoms with E-state index < -0.39 is 0 Å². The number of Topliss-reactive ketones (excluding diaryl/α,β-unsaturated/α-hetero) is 1. The monoisotopic (exact) mass is 359 g/mol. The first kappa shape index (κ1) is 16.4. The predicted octanol–water partition coefficient (Wildman–Crippen LogP) is 2.59. The van der Waals surface area contributed by atoms with Gasteiger partial charge in [0.15, 0.2) is 5.76 Å². The lowest BCUT2D eigenvalue weighted by Crippen LogP contribution is -2.42. The number of nitrogens with zero attached hydrogens (tertiary/aromatic N) is 2. The van der Waals surface area contributed by atoms with Crippen LogP contribution >= 0.6 is 0 Å². The number of allylic oxidation sites excluding steroid dienone is 4. The van der Waals surface area contributed by atoms with Gasteiger partial charge in [-0.05, 0) is 23.8 Å². The number of ketones is 1. The van der Waals surface area contributed by atoms with Crippen molar-refractivity contribution in [1.29, 1.82) is 0 Å². The Hall–Kier alpha value is -2.76. The molecule has 0 unspecified atom stereocenters. The summed E-state index contributed by atoms with van der Waals surface area (Å²) >= 11 is 0. The van der Waals surface area contributed by atoms with Crippen LogP contribution in [-0.4, -0.2) is 41.8 Å². The second-order valence-corrected chi connectivity index (χ2v) is 7.12. The Morgan fingerprint density at radius 2 is 2.00 bits per heavy atom. The topological polar surface area (TPSA) is 54.5 Å². The van der Waals surface area contributed by atoms with Gasteiger partial charge in [-0.1, -0.05) is 24.3 Å². The van der Waals surface area contributed by atoms with Crippen LogP contribution in [0.2, 0.25) is 0 Å². The number of ether oxygens (including phenoxy) is 1. The number of pyridine rings is 1. The average Bonchev–Trinajstić information content (AvgIpc) is 3.26. The van der Waals surface area contributed by atoms with Crippen LogP contribution < -0.4 is 10.1 Å². The van der Waals surface area contributed by atoms with Crippen molar-refractivity contribution in [1.82, 2.24) is 15.2 Å². The molecule has 136 valence electrons. The quantitative estimate of drug-likeness (QED) is 0.854. The van der Waals surface area contributed by atoms with Crippen molar-refractivity contribution in [3.05, 3.63) is 76.8 Å². The molecule has 1 aromatic heterocycles. The molecule has 1 N–H and O–H groups in total. The molecule has 1 saturated heterocycles. The number of carbonyl (C=O) groups excluding carboxylic acids is 1. The highest BCUT2D eigenvalue weighted by molar-refractivity contribution is 6.13. The summed E-state index contributed by atoms with van der Waals surface area (Å²) in [5.74, 6) is 1.09. The minimum absolute atomic E-state index is 0.0367. The molecule has 0 spiro atoms. The number of para-hydroxylation sites is 1. The maximum Gasteiger partial charge on any atom is 0.231 e. The van der Waals surface area contributed by atoms with Gasteiger partial charge in [0.05, 0.1) is 11.3 Å². The van der Waals surface area contributed by atoms with Crippen molar-refractivity contribution < 1.29 is 9.53 Å². The van der Waals surface area contributed by atoms with Crippen LogP contribution in [0.25, 0.3) is 5.57 Å². The average molecular weight is 359 g/mol. The number of carbonyl (C=O) groups is 1. The molecule has 1 aromatic carbocycles. The molecule has 5 heteroatoms. The number of hydrogen-bond acceptors (Lipinski definition) is 5. The van der Waals surface area contributed by atoms with Crippen LogP contribution in [0.5, 0.6) is 5.75 Å². The molecule has 0 saturated carbocycles. The third-order valence-electron chi connectivity index (χ3n) is 5.38. The largest absolute Gasteiger partial charge is 0.452 e. The summed E-state index contributed by atoms with van der Waals surface area (Å²) in [5, 5.41) is 3.37. The fourth-order valence-electron chi connectivity index (χ4n) is 3.96. The minimum atomic E-state index is -0.0367. The van der Waals surface area contributed by atoms with Crippen molar-refractivity contribution in [2.75, 3.05) is 26.2 Å². The van der Waals surface area contributed by atoms with Gasteiger partial charge in [0, 0.05) is 56.5 Å². The zero-order chi connectivity index (χ0) is 18.2. The summed E-state index contributed by atoms with van der Waals surface area (Å²) in [6.07, 6.45) is 6.57. The zero-order valence-corrected chi connectivity index (χ0v) is 15.1. The van der Waals surface area contributed by atoms with E-state index >= 15 is 0 Å². The fourth-order valence-corrected chi connectivity index (χ4v) is 3.96. The van der Waals surface area contributed by atoms with Gasteiger partial charge in [0.1, 0.15) is 5.75 Å². The number of hydrogen-bond donors (Lipinski definition) is 1. The summed E-state index contributed by atoms with van der Waals surface area (Å²) in [6.45, 7) is 4.83. The minimum Gasteiger partial charge on any atom is -0.452 e. The standard InChI is InChI=1S/C22H21N3O2/c26-21-18-4-1-3-16(14-25-11-9-23-10-12-25)22(18)27-20(21)13-15-6-7-19-17(15)5-2-8-24-19/h1-6,8,13,23H,7,9-12,14H2/b20-13-. The van der Waals surface area contributed by atoms with Crippen LogP contribution in [0, 0.1) is 0 Å². The Labute approximate surface area is 158 Å². The van der Waals surface area contributed by atoms with Crippen molar-refractivity contribution >= 4 is 11.4 Å². The normalized spacial score (nSPS) is 20.4. The molecule has 3 aliphatic rings. The number of piperazine rings is 1. The summed E-state index contributed by atoms with van der Waals surface area (Å²) in [6, 6.07) is 9.84. The Balaban J connectivity index is 1.43. The molecule has 2 aromatic rings. The Kier molecular flexibility index (Phi) is 4.11. The summed E-state index contributed by atoms with van der Waals surface area (Å²) < 4.78 is 6.08. The molecule has 0 atom stereocenters. The first-order valence-electron chi connectivity index (χ1n) is 9.43. The summed E-state index contributed by atoms with van der Waals surface area (Å²) in [4.78, 5) is 19.7. The van der Waals surface area contributed by atoms with Crippen LogP contribution in [0.4, 0.5) is 0 Å². The van der Waals surface area contributed by atoms with Crippen LogP contribution in [-0.2, 0) is 13.0 Å². The van der Waals surface area contributed by atoms with E-state index in [1.165, 1.54) is 0 Å². The lowest BCUT2D eigenvalue weighted by atomic mass is 10.0. The molecule has 3 heterocycles. The van der Waals surface area contributed by atoms with Crippen molar-refractivity contribution in [2.45, 2.75) is 13.0 Å². The lowest BCUT2D eigenvalue weighted by Gasteiger charge is -2.27. The van der Waals surface area contributed by atoms with Crippen LogP contribution in [0.15, 0.2) is 54.4 Å². The maximum absolute atomic E-state index is 12.9. The molecular formula is C22H21N3O2. The fraction of sp³-hybridized carbons (Fsp3) is 0.273. The third-order valence-corrected chi connectivity index (χ3v) is 5.38. The van der Waals surface area contributed by atoms with Crippen molar-refractivity contribution in [2.24, 2.45) is 0 Å². The molecule has 1 aliphatic carbocycles. The van der Waals surface area contributed by atoms with Gasteiger partial charge < -0.3 is 10.1 Å². The highest BCUT2D eigenvalue weighted by atomic mass is 16.5. The second-order valence-electron chi connectivity index (χ2n) is 7.12. The maximum atomic E-state index is 12.9. The molecule has 27 heavy (non-hydrogen) atoms. The van der Waals surface area contributed by atoms with E-state index in [-0.39, 0.29) is 5.78 Å². The smallest absolute Gasteiger partial charge is 0.231 e. The van der Waals surface area contributed by atoms with E-state index in [1.807, 2.05) is 30.3 Å². The van der Waals surface area contributed by atoms with Gasteiger partial charge in [0.2, 0.25) is 5.78 Å². The van der Waals surface area contributed by atoms with Gasteiger partial charge in [-0.3, -0.25) is 14.7 Å². The molecule has 1 fully saturated rings. The third kappa shape index (κ3) is 2.99. The zero-order valence-electron chi connectivity index (χ0n) is 15.1. The summed E-state index contributed by atoms with van der Waals surface area (Å²) in [7, 11) is 0. The highest BCUT2D eigenvalue weighted by Crippen LogP contribution is 2.37. The first-order valence-corrected chi connectivity index (χ1v) is 9.43. The van der Waals surface area contributed by atoms with Crippen LogP contribution in [0.3, 0.4) is 0 Å². The number of rotatable bonds is 3. The Morgan fingerprint density at radius 1 is 1.15 bits per heavy atom. The molecule has 5 nitrogen and oxygen atoms in total. The number of fused-ring (bicyclic) bond motifs is 2. The molecular weight excluding hydrogens is 338 g/mol. The van der Waals surface area contributed by atoms with E-state index in [9.17, 15) is 4.79 Å². The Bertz CT molecular complexity index is 971. The van der Waals surface area contributed by atoms with E-state index in [2.05, 4.69) is 27.3 Å². The number of aromatic nitrogens is 1. The lowest BCUT2D eigenvalue weighted by molar-refractivity contribution is 0.101. The first-order chi connectivity index (χ1) is 13.3. The summed E-state index contributed by atoms with van der Waals surface area (Å²) in [5.41, 5.74) is 4.88. The van der Waals surface area contributed by atoms with Crippen molar-refractivity contribution in [3.63, 3.8) is 0 Å². The predicted molar refractivity (Wildman–Crippen MR) is 104 cm³/mol. The SMILES string of the molecule is O=C1/C(=C/C2=CCc3ncccc32)Oc2c(CN3CCNCC3)cccc21.